The maximum atomic E-state index is 6.30. The van der Waals surface area contributed by atoms with E-state index in [1.165, 1.54) is 18.4 Å². The van der Waals surface area contributed by atoms with Gasteiger partial charge in [0.1, 0.15) is 0 Å². The lowest BCUT2D eigenvalue weighted by atomic mass is 9.96. The first-order valence-corrected chi connectivity index (χ1v) is 8.20. The van der Waals surface area contributed by atoms with Gasteiger partial charge in [0.25, 0.3) is 0 Å². The van der Waals surface area contributed by atoms with Crippen LogP contribution in [0.1, 0.15) is 32.3 Å². The predicted octanol–water partition coefficient (Wildman–Crippen LogP) is 4.20. The number of nitrogens with one attached hydrogen (secondary N) is 1. The van der Waals surface area contributed by atoms with Crippen LogP contribution in [0.3, 0.4) is 0 Å². The number of piperidine rings is 1. The summed E-state index contributed by atoms with van der Waals surface area (Å²) in [5.41, 5.74) is 1.17. The quantitative estimate of drug-likeness (QED) is 0.876. The molecule has 1 heterocycles. The molecule has 1 saturated heterocycles. The van der Waals surface area contributed by atoms with Crippen LogP contribution in [0.25, 0.3) is 0 Å². The van der Waals surface area contributed by atoms with Gasteiger partial charge in [0.2, 0.25) is 0 Å². The van der Waals surface area contributed by atoms with Crippen LogP contribution in [0.5, 0.6) is 0 Å². The van der Waals surface area contributed by atoms with Gasteiger partial charge < -0.3 is 5.32 Å². The molecule has 2 rings (SSSR count). The first-order chi connectivity index (χ1) is 9.56. The number of rotatable bonds is 5. The van der Waals surface area contributed by atoms with E-state index in [1.807, 2.05) is 18.2 Å². The predicted molar refractivity (Wildman–Crippen MR) is 87.6 cm³/mol. The van der Waals surface area contributed by atoms with E-state index in [1.54, 1.807) is 0 Å². The Morgan fingerprint density at radius 3 is 2.55 bits per heavy atom. The Hall–Kier alpha value is -0.280. The average Bonchev–Trinajstić information content (AvgIpc) is 2.42. The van der Waals surface area contributed by atoms with Crippen LogP contribution in [0.15, 0.2) is 18.2 Å². The monoisotopic (exact) mass is 314 g/mol. The molecule has 1 aromatic rings. The fourth-order valence-electron chi connectivity index (χ4n) is 2.72. The maximum absolute atomic E-state index is 6.30. The summed E-state index contributed by atoms with van der Waals surface area (Å²) in [7, 11) is 0. The molecule has 0 saturated carbocycles. The molecule has 2 nitrogen and oxygen atoms in total. The standard InChI is InChI=1S/C16H24Cl2N2/c1-12(2)20(10-13-5-7-19-8-6-13)11-14-3-4-15(17)9-16(14)18/h3-4,9,12-13,19H,5-8,10-11H2,1-2H3. The van der Waals surface area contributed by atoms with Gasteiger partial charge in [-0.25, -0.2) is 0 Å². The van der Waals surface area contributed by atoms with E-state index in [0.29, 0.717) is 11.1 Å². The maximum Gasteiger partial charge on any atom is 0.0465 e. The molecule has 0 amide bonds. The average molecular weight is 315 g/mol. The van der Waals surface area contributed by atoms with E-state index in [9.17, 15) is 0 Å². The number of halogens is 2. The first kappa shape index (κ1) is 16.1. The van der Waals surface area contributed by atoms with Crippen LogP contribution in [0.2, 0.25) is 10.0 Å². The summed E-state index contributed by atoms with van der Waals surface area (Å²) in [6.07, 6.45) is 2.55. The summed E-state index contributed by atoms with van der Waals surface area (Å²) in [6, 6.07) is 6.33. The summed E-state index contributed by atoms with van der Waals surface area (Å²) in [5.74, 6) is 0.796. The third-order valence-corrected chi connectivity index (χ3v) is 4.66. The molecule has 4 heteroatoms. The van der Waals surface area contributed by atoms with Crippen molar-refractivity contribution in [2.24, 2.45) is 5.92 Å². The van der Waals surface area contributed by atoms with Crippen molar-refractivity contribution < 1.29 is 0 Å². The van der Waals surface area contributed by atoms with Gasteiger partial charge in [-0.05, 0) is 63.4 Å². The highest BCUT2D eigenvalue weighted by atomic mass is 35.5. The van der Waals surface area contributed by atoms with Gasteiger partial charge in [-0.15, -0.1) is 0 Å². The van der Waals surface area contributed by atoms with E-state index in [4.69, 9.17) is 23.2 Å². The third kappa shape index (κ3) is 4.63. The summed E-state index contributed by atoms with van der Waals surface area (Å²) in [4.78, 5) is 2.52. The Kier molecular flexibility index (Phi) is 6.16. The largest absolute Gasteiger partial charge is 0.317 e. The fraction of sp³-hybridized carbons (Fsp3) is 0.625. The van der Waals surface area contributed by atoms with E-state index in [-0.39, 0.29) is 0 Å². The Morgan fingerprint density at radius 1 is 1.25 bits per heavy atom. The molecule has 1 aromatic carbocycles. The van der Waals surface area contributed by atoms with Crippen molar-refractivity contribution >= 4 is 23.2 Å². The minimum atomic E-state index is 0.525. The highest BCUT2D eigenvalue weighted by Crippen LogP contribution is 2.24. The molecule has 0 radical (unpaired) electrons. The summed E-state index contributed by atoms with van der Waals surface area (Å²) < 4.78 is 0. The molecule has 0 bridgehead atoms. The molecule has 0 unspecified atom stereocenters. The lowest BCUT2D eigenvalue weighted by Crippen LogP contribution is -2.39. The molecule has 0 aromatic heterocycles. The molecule has 0 spiro atoms. The third-order valence-electron chi connectivity index (χ3n) is 4.07. The van der Waals surface area contributed by atoms with E-state index >= 15 is 0 Å². The molecule has 0 atom stereocenters. The Balaban J connectivity index is 2.01. The second kappa shape index (κ2) is 7.65. The van der Waals surface area contributed by atoms with Gasteiger partial charge in [0.05, 0.1) is 0 Å². The van der Waals surface area contributed by atoms with Crippen LogP contribution in [-0.4, -0.2) is 30.6 Å². The van der Waals surface area contributed by atoms with Gasteiger partial charge in [0, 0.05) is 29.2 Å². The van der Waals surface area contributed by atoms with Crippen molar-refractivity contribution in [3.05, 3.63) is 33.8 Å². The van der Waals surface area contributed by atoms with Crippen LogP contribution in [-0.2, 0) is 6.54 Å². The highest BCUT2D eigenvalue weighted by Gasteiger charge is 2.19. The Morgan fingerprint density at radius 2 is 1.95 bits per heavy atom. The van der Waals surface area contributed by atoms with E-state index in [0.717, 1.165) is 37.1 Å². The second-order valence-electron chi connectivity index (χ2n) is 5.95. The normalized spacial score (nSPS) is 17.1. The molecule has 20 heavy (non-hydrogen) atoms. The molecule has 112 valence electrons. The van der Waals surface area contributed by atoms with Crippen LogP contribution >= 0.6 is 23.2 Å². The molecular weight excluding hydrogens is 291 g/mol. The molecular formula is C16H24Cl2N2. The van der Waals surface area contributed by atoms with Crippen molar-refractivity contribution in [1.82, 2.24) is 10.2 Å². The topological polar surface area (TPSA) is 15.3 Å². The zero-order valence-electron chi connectivity index (χ0n) is 12.3. The number of hydrogen-bond acceptors (Lipinski definition) is 2. The molecule has 1 aliphatic heterocycles. The van der Waals surface area contributed by atoms with Crippen molar-refractivity contribution in [2.75, 3.05) is 19.6 Å². The zero-order valence-corrected chi connectivity index (χ0v) is 13.8. The minimum Gasteiger partial charge on any atom is -0.317 e. The number of benzene rings is 1. The smallest absolute Gasteiger partial charge is 0.0465 e. The number of nitrogens with zero attached hydrogens (tertiary/aromatic N) is 1. The Bertz CT molecular complexity index is 428. The highest BCUT2D eigenvalue weighted by molar-refractivity contribution is 6.35. The van der Waals surface area contributed by atoms with Crippen molar-refractivity contribution in [1.29, 1.82) is 0 Å². The van der Waals surface area contributed by atoms with Gasteiger partial charge in [0.15, 0.2) is 0 Å². The van der Waals surface area contributed by atoms with Crippen molar-refractivity contribution in [3.8, 4) is 0 Å². The van der Waals surface area contributed by atoms with Gasteiger partial charge >= 0.3 is 0 Å². The Labute approximate surface area is 132 Å². The van der Waals surface area contributed by atoms with Crippen molar-refractivity contribution in [2.45, 2.75) is 39.3 Å². The lowest BCUT2D eigenvalue weighted by molar-refractivity contribution is 0.162. The summed E-state index contributed by atoms with van der Waals surface area (Å²) >= 11 is 12.3. The van der Waals surface area contributed by atoms with Gasteiger partial charge in [-0.1, -0.05) is 29.3 Å². The minimum absolute atomic E-state index is 0.525. The zero-order chi connectivity index (χ0) is 14.5. The lowest BCUT2D eigenvalue weighted by Gasteiger charge is -2.33. The van der Waals surface area contributed by atoms with E-state index < -0.39 is 0 Å². The molecule has 0 aliphatic carbocycles. The second-order valence-corrected chi connectivity index (χ2v) is 6.80. The van der Waals surface area contributed by atoms with Crippen LogP contribution < -0.4 is 5.32 Å². The SMILES string of the molecule is CC(C)N(Cc1ccc(Cl)cc1Cl)CC1CCNCC1. The van der Waals surface area contributed by atoms with E-state index in [2.05, 4.69) is 24.1 Å². The van der Waals surface area contributed by atoms with Crippen LogP contribution in [0, 0.1) is 5.92 Å². The van der Waals surface area contributed by atoms with Crippen molar-refractivity contribution in [3.63, 3.8) is 0 Å². The molecule has 1 N–H and O–H groups in total. The number of hydrogen-bond donors (Lipinski definition) is 1. The molecule has 1 aliphatic rings. The summed E-state index contributed by atoms with van der Waals surface area (Å²) in [6.45, 7) is 8.86. The van der Waals surface area contributed by atoms with Gasteiger partial charge in [-0.2, -0.15) is 0 Å². The fourth-order valence-corrected chi connectivity index (χ4v) is 3.19. The summed E-state index contributed by atoms with van der Waals surface area (Å²) in [5, 5.41) is 4.90. The molecule has 1 fully saturated rings. The first-order valence-electron chi connectivity index (χ1n) is 7.45. The van der Waals surface area contributed by atoms with Gasteiger partial charge in [-0.3, -0.25) is 4.90 Å². The van der Waals surface area contributed by atoms with Crippen LogP contribution in [0.4, 0.5) is 0 Å².